The molecule has 2 atom stereocenters. The molecule has 0 fully saturated rings. The summed E-state index contributed by atoms with van der Waals surface area (Å²) in [5, 5.41) is 0. The van der Waals surface area contributed by atoms with E-state index in [9.17, 15) is 0 Å². The summed E-state index contributed by atoms with van der Waals surface area (Å²) in [6, 6.07) is 0. The van der Waals surface area contributed by atoms with Crippen molar-refractivity contribution in [2.45, 2.75) is 91.9 Å². The second kappa shape index (κ2) is 14.0. The molecule has 0 rings (SSSR count). The highest BCUT2D eigenvalue weighted by molar-refractivity contribution is 5.27. The Kier molecular flexibility index (Phi) is 13.3. The first kappa shape index (κ1) is 23.8. The molecule has 0 spiro atoms. The summed E-state index contributed by atoms with van der Waals surface area (Å²) in [6.07, 6.45) is 11.8. The van der Waals surface area contributed by atoms with Gasteiger partial charge in [-0.05, 0) is 35.8 Å². The van der Waals surface area contributed by atoms with Gasteiger partial charge >= 0.3 is 0 Å². The van der Waals surface area contributed by atoms with Crippen LogP contribution in [0.4, 0.5) is 0 Å². The van der Waals surface area contributed by atoms with Gasteiger partial charge in [-0.15, -0.1) is 0 Å². The van der Waals surface area contributed by atoms with Crippen LogP contribution in [0.5, 0.6) is 0 Å². The fourth-order valence-electron chi connectivity index (χ4n) is 3.10. The highest BCUT2D eigenvalue weighted by atomic mass is 16.5. The maximum atomic E-state index is 5.89. The van der Waals surface area contributed by atoms with Crippen molar-refractivity contribution in [2.24, 2.45) is 11.8 Å². The first-order valence-electron chi connectivity index (χ1n) is 10.3. The highest BCUT2D eigenvalue weighted by Crippen LogP contribution is 2.29. The summed E-state index contributed by atoms with van der Waals surface area (Å²) in [7, 11) is 0. The second-order valence-corrected chi connectivity index (χ2v) is 7.40. The van der Waals surface area contributed by atoms with E-state index in [0.717, 1.165) is 24.0 Å². The van der Waals surface area contributed by atoms with Crippen LogP contribution in [-0.4, -0.2) is 0 Å². The lowest BCUT2D eigenvalue weighted by Gasteiger charge is -2.21. The van der Waals surface area contributed by atoms with Crippen molar-refractivity contribution < 1.29 is 4.74 Å². The summed E-state index contributed by atoms with van der Waals surface area (Å²) in [5.74, 6) is 2.65. The number of unbranched alkanes of at least 4 members (excludes halogenated alkanes) is 2. The van der Waals surface area contributed by atoms with Crippen LogP contribution in [0.15, 0.2) is 49.0 Å². The highest BCUT2D eigenvalue weighted by Gasteiger charge is 2.14. The molecule has 0 aromatic heterocycles. The SMILES string of the molecule is C=C(CC(CC)CCCC)C(=C)OC(=C)C(=C)CC(CC)CCCC. The van der Waals surface area contributed by atoms with E-state index in [2.05, 4.69) is 54.0 Å². The summed E-state index contributed by atoms with van der Waals surface area (Å²) in [6.45, 7) is 25.5. The monoisotopic (exact) mass is 346 g/mol. The van der Waals surface area contributed by atoms with Crippen LogP contribution in [0.25, 0.3) is 0 Å². The molecule has 0 bridgehead atoms. The molecule has 0 heterocycles. The Morgan fingerprint density at radius 3 is 1.32 bits per heavy atom. The van der Waals surface area contributed by atoms with Crippen molar-refractivity contribution in [3.63, 3.8) is 0 Å². The van der Waals surface area contributed by atoms with Gasteiger partial charge in [-0.1, -0.05) is 105 Å². The van der Waals surface area contributed by atoms with E-state index in [1.807, 2.05) is 0 Å². The van der Waals surface area contributed by atoms with Crippen molar-refractivity contribution in [3.05, 3.63) is 49.0 Å². The van der Waals surface area contributed by atoms with E-state index in [-0.39, 0.29) is 0 Å². The summed E-state index contributed by atoms with van der Waals surface area (Å²) in [5.41, 5.74) is 1.99. The Morgan fingerprint density at radius 2 is 1.04 bits per heavy atom. The maximum absolute atomic E-state index is 5.89. The summed E-state index contributed by atoms with van der Waals surface area (Å²) in [4.78, 5) is 0. The van der Waals surface area contributed by atoms with E-state index in [1.54, 1.807) is 0 Å². The normalized spacial score (nSPS) is 13.1. The van der Waals surface area contributed by atoms with Gasteiger partial charge in [-0.25, -0.2) is 0 Å². The zero-order valence-electron chi connectivity index (χ0n) is 17.5. The molecule has 25 heavy (non-hydrogen) atoms. The minimum atomic E-state index is 0.655. The van der Waals surface area contributed by atoms with E-state index in [4.69, 9.17) is 4.74 Å². The second-order valence-electron chi connectivity index (χ2n) is 7.40. The predicted octanol–water partition coefficient (Wildman–Crippen LogP) is 8.36. The molecule has 0 aromatic carbocycles. The lowest BCUT2D eigenvalue weighted by atomic mass is 9.91. The Hall–Kier alpha value is -1.24. The van der Waals surface area contributed by atoms with Gasteiger partial charge in [-0.2, -0.15) is 0 Å². The van der Waals surface area contributed by atoms with Crippen molar-refractivity contribution in [1.82, 2.24) is 0 Å². The molecule has 1 heteroatoms. The average molecular weight is 347 g/mol. The number of allylic oxidation sites excluding steroid dienone is 2. The third-order valence-electron chi connectivity index (χ3n) is 5.19. The van der Waals surface area contributed by atoms with E-state index >= 15 is 0 Å². The Morgan fingerprint density at radius 1 is 0.680 bits per heavy atom. The third-order valence-corrected chi connectivity index (χ3v) is 5.19. The molecule has 0 saturated carbocycles. The first-order chi connectivity index (χ1) is 11.9. The lowest BCUT2D eigenvalue weighted by molar-refractivity contribution is 0.310. The molecule has 0 aromatic rings. The molecular weight excluding hydrogens is 304 g/mol. The Bertz CT molecular complexity index is 389. The van der Waals surface area contributed by atoms with Crippen molar-refractivity contribution in [3.8, 4) is 0 Å². The topological polar surface area (TPSA) is 9.23 Å². The van der Waals surface area contributed by atoms with E-state index < -0.39 is 0 Å². The van der Waals surface area contributed by atoms with Gasteiger partial charge in [0.2, 0.25) is 0 Å². The summed E-state index contributed by atoms with van der Waals surface area (Å²) >= 11 is 0. The molecule has 0 aliphatic carbocycles. The van der Waals surface area contributed by atoms with Gasteiger partial charge in [0.1, 0.15) is 11.5 Å². The first-order valence-corrected chi connectivity index (χ1v) is 10.3. The number of ether oxygens (including phenoxy) is 1. The predicted molar refractivity (Wildman–Crippen MR) is 113 cm³/mol. The van der Waals surface area contributed by atoms with Gasteiger partial charge in [0, 0.05) is 0 Å². The molecule has 144 valence electrons. The number of hydrogen-bond donors (Lipinski definition) is 0. The van der Waals surface area contributed by atoms with Crippen molar-refractivity contribution in [2.75, 3.05) is 0 Å². The zero-order chi connectivity index (χ0) is 19.2. The number of hydrogen-bond acceptors (Lipinski definition) is 1. The average Bonchev–Trinajstić information content (AvgIpc) is 2.61. The molecule has 2 unspecified atom stereocenters. The van der Waals surface area contributed by atoms with Gasteiger partial charge in [0.15, 0.2) is 0 Å². The largest absolute Gasteiger partial charge is 0.458 e. The van der Waals surface area contributed by atoms with E-state index in [1.165, 1.54) is 51.4 Å². The van der Waals surface area contributed by atoms with Crippen LogP contribution in [0.2, 0.25) is 0 Å². The van der Waals surface area contributed by atoms with Crippen LogP contribution < -0.4 is 0 Å². The fraction of sp³-hybridized carbons (Fsp3) is 0.667. The van der Waals surface area contributed by atoms with Crippen molar-refractivity contribution >= 4 is 0 Å². The van der Waals surface area contributed by atoms with Crippen molar-refractivity contribution in [1.29, 1.82) is 0 Å². The zero-order valence-corrected chi connectivity index (χ0v) is 17.5. The molecule has 0 saturated heterocycles. The smallest absolute Gasteiger partial charge is 0.122 e. The molecule has 0 amide bonds. The molecule has 0 aliphatic rings. The van der Waals surface area contributed by atoms with Gasteiger partial charge < -0.3 is 4.74 Å². The summed E-state index contributed by atoms with van der Waals surface area (Å²) < 4.78 is 5.89. The molecule has 1 nitrogen and oxygen atoms in total. The third kappa shape index (κ3) is 10.4. The minimum Gasteiger partial charge on any atom is -0.458 e. The molecular formula is C24H42O. The molecule has 0 aliphatic heterocycles. The van der Waals surface area contributed by atoms with Crippen LogP contribution in [0, 0.1) is 11.8 Å². The van der Waals surface area contributed by atoms with Crippen LogP contribution in [0.3, 0.4) is 0 Å². The van der Waals surface area contributed by atoms with Gasteiger partial charge in [-0.3, -0.25) is 0 Å². The van der Waals surface area contributed by atoms with Crippen LogP contribution >= 0.6 is 0 Å². The lowest BCUT2D eigenvalue weighted by Crippen LogP contribution is -2.06. The number of rotatable bonds is 16. The van der Waals surface area contributed by atoms with E-state index in [0.29, 0.717) is 23.4 Å². The van der Waals surface area contributed by atoms with Crippen LogP contribution in [-0.2, 0) is 4.74 Å². The van der Waals surface area contributed by atoms with Gasteiger partial charge in [0.25, 0.3) is 0 Å². The Labute approximate surface area is 157 Å². The van der Waals surface area contributed by atoms with Gasteiger partial charge in [0.05, 0.1) is 0 Å². The standard InChI is InChI=1S/C24H42O/c1-9-13-15-23(11-3)17-19(5)21(7)25-22(8)20(6)18-24(12-4)16-14-10-2/h23-24H,5-18H2,1-4H3. The van der Waals surface area contributed by atoms with Crippen LogP contribution in [0.1, 0.15) is 91.9 Å². The minimum absolute atomic E-state index is 0.655. The maximum Gasteiger partial charge on any atom is 0.122 e. The molecule has 0 radical (unpaired) electrons. The Balaban J connectivity index is 4.44. The fourth-order valence-corrected chi connectivity index (χ4v) is 3.10. The quantitative estimate of drug-likeness (QED) is 0.201. The molecule has 0 N–H and O–H groups in total.